The molecule has 30 heavy (non-hydrogen) atoms. The predicted molar refractivity (Wildman–Crippen MR) is 113 cm³/mol. The van der Waals surface area contributed by atoms with E-state index in [0.29, 0.717) is 19.4 Å². The molecule has 0 bridgehead atoms. The van der Waals surface area contributed by atoms with Gasteiger partial charge in [-0.15, -0.1) is 0 Å². The highest BCUT2D eigenvalue weighted by molar-refractivity contribution is 6.07. The van der Waals surface area contributed by atoms with Crippen LogP contribution in [0.5, 0.6) is 0 Å². The van der Waals surface area contributed by atoms with Crippen LogP contribution in [0.4, 0.5) is 4.79 Å². The van der Waals surface area contributed by atoms with Gasteiger partial charge in [-0.25, -0.2) is 4.79 Å². The van der Waals surface area contributed by atoms with Crippen molar-refractivity contribution in [3.63, 3.8) is 0 Å². The molecule has 7 heteroatoms. The normalized spacial score (nSPS) is 19.5. The molecule has 0 aliphatic carbocycles. The summed E-state index contributed by atoms with van der Waals surface area (Å²) < 4.78 is 0. The molecule has 2 aromatic carbocycles. The van der Waals surface area contributed by atoms with Crippen molar-refractivity contribution in [3.8, 4) is 0 Å². The predicted octanol–water partition coefficient (Wildman–Crippen LogP) is 0.984. The fourth-order valence-electron chi connectivity index (χ4n) is 3.63. The van der Waals surface area contributed by atoms with Gasteiger partial charge in [-0.05, 0) is 37.8 Å². The number of carbonyl (C=O) groups excluding carboxylic acids is 3. The molecule has 1 aliphatic heterocycles. The molecule has 7 nitrogen and oxygen atoms in total. The van der Waals surface area contributed by atoms with E-state index in [2.05, 4.69) is 10.7 Å². The molecule has 1 unspecified atom stereocenters. The monoisotopic (exact) mass is 409 g/mol. The van der Waals surface area contributed by atoms with Gasteiger partial charge in [0.1, 0.15) is 12.1 Å². The fraction of sp³-hybridized carbons (Fsp3) is 0.348. The molecule has 0 spiro atoms. The number of amides is 4. The maximum atomic E-state index is 12.8. The number of rotatable bonds is 8. The minimum absolute atomic E-state index is 0.145. The third-order valence-electron chi connectivity index (χ3n) is 5.47. The topological polar surface area (TPSA) is 82.9 Å². The molecular weight excluding hydrogens is 380 g/mol. The molecule has 1 aliphatic rings. The molecule has 158 valence electrons. The van der Waals surface area contributed by atoms with Crippen LogP contribution in [0.25, 0.3) is 0 Å². The molecule has 4 amide bonds. The van der Waals surface area contributed by atoms with Gasteiger partial charge in [0.2, 0.25) is 0 Å². The molecule has 1 saturated heterocycles. The van der Waals surface area contributed by atoms with Gasteiger partial charge in [0.05, 0.1) is 7.05 Å². The highest BCUT2D eigenvalue weighted by Gasteiger charge is 2.48. The number of benzene rings is 2. The average Bonchev–Trinajstić information content (AvgIpc) is 2.92. The third-order valence-corrected chi connectivity index (χ3v) is 5.47. The number of hydrogen-bond acceptors (Lipinski definition) is 3. The second-order valence-corrected chi connectivity index (χ2v) is 8.16. The summed E-state index contributed by atoms with van der Waals surface area (Å²) in [5.41, 5.74) is 4.85. The lowest BCUT2D eigenvalue weighted by Crippen LogP contribution is -3.09. The molecule has 0 saturated carbocycles. The summed E-state index contributed by atoms with van der Waals surface area (Å²) >= 11 is 0. The van der Waals surface area contributed by atoms with Crippen molar-refractivity contribution in [1.82, 2.24) is 15.8 Å². The van der Waals surface area contributed by atoms with Gasteiger partial charge in [-0.3, -0.25) is 15.0 Å². The van der Waals surface area contributed by atoms with E-state index >= 15 is 0 Å². The van der Waals surface area contributed by atoms with Crippen LogP contribution >= 0.6 is 0 Å². The molecule has 2 atom stereocenters. The van der Waals surface area contributed by atoms with Crippen molar-refractivity contribution in [1.29, 1.82) is 0 Å². The number of hydrazine groups is 1. The Labute approximate surface area is 177 Å². The van der Waals surface area contributed by atoms with Crippen molar-refractivity contribution in [2.75, 3.05) is 13.6 Å². The number of nitrogens with one attached hydrogen (secondary N) is 3. The quantitative estimate of drug-likeness (QED) is 0.569. The number of imide groups is 1. The number of carbonyl (C=O) groups is 3. The summed E-state index contributed by atoms with van der Waals surface area (Å²) in [5.74, 6) is -0.815. The van der Waals surface area contributed by atoms with Gasteiger partial charge >= 0.3 is 6.03 Å². The molecule has 1 heterocycles. The van der Waals surface area contributed by atoms with Crippen LogP contribution in [0.2, 0.25) is 0 Å². The van der Waals surface area contributed by atoms with E-state index in [1.165, 1.54) is 5.56 Å². The van der Waals surface area contributed by atoms with E-state index in [0.717, 1.165) is 21.0 Å². The summed E-state index contributed by atoms with van der Waals surface area (Å²) in [7, 11) is 1.90. The number of nitrogens with zero attached hydrogens (tertiary/aromatic N) is 1. The Bertz CT molecular complexity index is 931. The van der Waals surface area contributed by atoms with E-state index in [4.69, 9.17) is 0 Å². The van der Waals surface area contributed by atoms with Gasteiger partial charge in [-0.2, -0.15) is 5.01 Å². The third kappa shape index (κ3) is 5.04. The highest BCUT2D eigenvalue weighted by Crippen LogP contribution is 2.22. The van der Waals surface area contributed by atoms with E-state index in [-0.39, 0.29) is 12.5 Å². The minimum Gasteiger partial charge on any atom is -0.326 e. The largest absolute Gasteiger partial charge is 0.344 e. The first-order valence-corrected chi connectivity index (χ1v) is 10.1. The Balaban J connectivity index is 1.55. The number of quaternary nitrogens is 1. The standard InChI is InChI=1S/C23H28N4O3/c1-17-9-7-8-12-19(17)15-26(3)16-20(28)25-27-21(29)23(2,24-22(27)30)14-13-18-10-5-4-6-11-18/h4-12H,13-16H2,1-3H3,(H,24,30)(H,25,28)/p+1/t23-/m0/s1. The SMILES string of the molecule is Cc1ccccc1C[NH+](C)CC(=O)NN1C(=O)N[C@@](C)(CCc2ccccc2)C1=O. The lowest BCUT2D eigenvalue weighted by molar-refractivity contribution is -0.885. The Morgan fingerprint density at radius 2 is 1.77 bits per heavy atom. The van der Waals surface area contributed by atoms with Gasteiger partial charge in [0.15, 0.2) is 6.54 Å². The summed E-state index contributed by atoms with van der Waals surface area (Å²) in [6.45, 7) is 4.55. The zero-order valence-corrected chi connectivity index (χ0v) is 17.7. The van der Waals surface area contributed by atoms with Crippen LogP contribution in [0.1, 0.15) is 30.0 Å². The minimum atomic E-state index is -1.04. The zero-order chi connectivity index (χ0) is 21.7. The number of aryl methyl sites for hydroxylation is 2. The molecule has 3 rings (SSSR count). The average molecular weight is 410 g/mol. The molecule has 0 aromatic heterocycles. The molecular formula is C23H29N4O3+. The van der Waals surface area contributed by atoms with Gasteiger partial charge in [-0.1, -0.05) is 54.6 Å². The van der Waals surface area contributed by atoms with E-state index in [1.54, 1.807) is 6.92 Å². The summed E-state index contributed by atoms with van der Waals surface area (Å²) in [5, 5.41) is 3.54. The van der Waals surface area contributed by atoms with Crippen LogP contribution < -0.4 is 15.6 Å². The van der Waals surface area contributed by atoms with Crippen LogP contribution in [0.3, 0.4) is 0 Å². The first kappa shape index (κ1) is 21.5. The zero-order valence-electron chi connectivity index (χ0n) is 17.7. The number of likely N-dealkylation sites (N-methyl/N-ethyl adjacent to an activating group) is 1. The first-order chi connectivity index (χ1) is 14.3. The Morgan fingerprint density at radius 3 is 2.47 bits per heavy atom. The van der Waals surface area contributed by atoms with Crippen LogP contribution in [-0.4, -0.2) is 42.0 Å². The Hall–Kier alpha value is -3.19. The summed E-state index contributed by atoms with van der Waals surface area (Å²) in [6, 6.07) is 17.2. The van der Waals surface area contributed by atoms with Crippen LogP contribution in [-0.2, 0) is 22.6 Å². The number of hydrogen-bond donors (Lipinski definition) is 3. The lowest BCUT2D eigenvalue weighted by Gasteiger charge is -2.22. The molecule has 1 fully saturated rings. The Morgan fingerprint density at radius 1 is 1.10 bits per heavy atom. The fourth-order valence-corrected chi connectivity index (χ4v) is 3.63. The lowest BCUT2D eigenvalue weighted by atomic mass is 9.93. The van der Waals surface area contributed by atoms with Crippen molar-refractivity contribution >= 4 is 17.8 Å². The maximum absolute atomic E-state index is 12.8. The van der Waals surface area contributed by atoms with E-state index in [9.17, 15) is 14.4 Å². The second kappa shape index (κ2) is 9.09. The van der Waals surface area contributed by atoms with E-state index in [1.807, 2.05) is 68.6 Å². The van der Waals surface area contributed by atoms with Crippen molar-refractivity contribution in [2.24, 2.45) is 0 Å². The first-order valence-electron chi connectivity index (χ1n) is 10.1. The summed E-state index contributed by atoms with van der Waals surface area (Å²) in [6.07, 6.45) is 1.10. The van der Waals surface area contributed by atoms with Crippen molar-refractivity contribution < 1.29 is 19.3 Å². The van der Waals surface area contributed by atoms with Gasteiger partial charge < -0.3 is 10.2 Å². The van der Waals surface area contributed by atoms with Crippen LogP contribution in [0.15, 0.2) is 54.6 Å². The smallest absolute Gasteiger partial charge is 0.326 e. The summed E-state index contributed by atoms with van der Waals surface area (Å²) in [4.78, 5) is 38.6. The maximum Gasteiger partial charge on any atom is 0.344 e. The van der Waals surface area contributed by atoms with Crippen molar-refractivity contribution in [3.05, 3.63) is 71.3 Å². The van der Waals surface area contributed by atoms with Crippen LogP contribution in [0, 0.1) is 6.92 Å². The van der Waals surface area contributed by atoms with E-state index < -0.39 is 17.5 Å². The Kier molecular flexibility index (Phi) is 6.52. The second-order valence-electron chi connectivity index (χ2n) is 8.16. The molecule has 0 radical (unpaired) electrons. The van der Waals surface area contributed by atoms with Crippen molar-refractivity contribution in [2.45, 2.75) is 38.8 Å². The molecule has 3 N–H and O–H groups in total. The van der Waals surface area contributed by atoms with Gasteiger partial charge in [0.25, 0.3) is 11.8 Å². The highest BCUT2D eigenvalue weighted by atomic mass is 16.2. The molecule has 2 aromatic rings. The van der Waals surface area contributed by atoms with Gasteiger partial charge in [0, 0.05) is 5.56 Å². The number of urea groups is 1.